The number of hydrogen-bond donors (Lipinski definition) is 2. The van der Waals surface area contributed by atoms with Crippen LogP contribution in [0.25, 0.3) is 0 Å². The molecule has 9 heteroatoms. The third-order valence-corrected chi connectivity index (χ3v) is 5.60. The molecule has 0 aromatic heterocycles. The molecule has 0 aliphatic carbocycles. The highest BCUT2D eigenvalue weighted by molar-refractivity contribution is 9.10. The Labute approximate surface area is 137 Å². The summed E-state index contributed by atoms with van der Waals surface area (Å²) in [5.41, 5.74) is 0.491. The van der Waals surface area contributed by atoms with Crippen LogP contribution < -0.4 is 9.86 Å². The molecule has 0 aliphatic rings. The van der Waals surface area contributed by atoms with Crippen molar-refractivity contribution in [1.29, 1.82) is 0 Å². The number of nitrogens with one attached hydrogen (secondary N) is 1. The van der Waals surface area contributed by atoms with Gasteiger partial charge in [0.1, 0.15) is 0 Å². The van der Waals surface area contributed by atoms with Crippen molar-refractivity contribution < 1.29 is 16.8 Å². The molecular formula is C13H13BrN2O4S2. The average Bonchev–Trinajstić information content (AvgIpc) is 2.45. The highest BCUT2D eigenvalue weighted by Crippen LogP contribution is 2.16. The Kier molecular flexibility index (Phi) is 5.03. The standard InChI is InChI=1S/C13H13BrN2O4S2/c14-11-4-2-6-13(8-11)22(19,20)16-9-10-3-1-5-12(7-10)21(15,17)18/h1-8,16H,9H2,(H2,15,17,18). The fraction of sp³-hybridized carbons (Fsp3) is 0.0769. The highest BCUT2D eigenvalue weighted by atomic mass is 79.9. The summed E-state index contributed by atoms with van der Waals surface area (Å²) in [6.07, 6.45) is 0. The van der Waals surface area contributed by atoms with Gasteiger partial charge in [0.2, 0.25) is 20.0 Å². The van der Waals surface area contributed by atoms with Gasteiger partial charge in [-0.2, -0.15) is 0 Å². The Bertz CT molecular complexity index is 896. The highest BCUT2D eigenvalue weighted by Gasteiger charge is 2.14. The topological polar surface area (TPSA) is 106 Å². The first kappa shape index (κ1) is 17.1. The predicted octanol–water partition coefficient (Wildman–Crippen LogP) is 1.57. The molecule has 2 aromatic carbocycles. The van der Waals surface area contributed by atoms with Gasteiger partial charge in [-0.25, -0.2) is 26.7 Å². The van der Waals surface area contributed by atoms with E-state index in [4.69, 9.17) is 5.14 Å². The molecule has 6 nitrogen and oxygen atoms in total. The van der Waals surface area contributed by atoms with Gasteiger partial charge in [-0.1, -0.05) is 34.1 Å². The number of benzene rings is 2. The number of rotatable bonds is 5. The van der Waals surface area contributed by atoms with Gasteiger partial charge < -0.3 is 0 Å². The SMILES string of the molecule is NS(=O)(=O)c1cccc(CNS(=O)(=O)c2cccc(Br)c2)c1. The Morgan fingerprint density at radius 1 is 0.955 bits per heavy atom. The summed E-state index contributed by atoms with van der Waals surface area (Å²) < 4.78 is 49.9. The molecule has 0 radical (unpaired) electrons. The van der Waals surface area contributed by atoms with Crippen LogP contribution in [0.5, 0.6) is 0 Å². The van der Waals surface area contributed by atoms with Gasteiger partial charge in [-0.15, -0.1) is 0 Å². The Morgan fingerprint density at radius 3 is 2.23 bits per heavy atom. The van der Waals surface area contributed by atoms with Gasteiger partial charge >= 0.3 is 0 Å². The molecule has 0 atom stereocenters. The average molecular weight is 405 g/mol. The van der Waals surface area contributed by atoms with E-state index in [0.29, 0.717) is 10.0 Å². The molecule has 0 aliphatic heterocycles. The van der Waals surface area contributed by atoms with E-state index < -0.39 is 20.0 Å². The quantitative estimate of drug-likeness (QED) is 0.788. The fourth-order valence-electron chi connectivity index (χ4n) is 1.73. The smallest absolute Gasteiger partial charge is 0.225 e. The van der Waals surface area contributed by atoms with Crippen molar-refractivity contribution >= 4 is 36.0 Å². The van der Waals surface area contributed by atoms with Gasteiger partial charge in [0.05, 0.1) is 9.79 Å². The third kappa shape index (κ3) is 4.37. The van der Waals surface area contributed by atoms with Crippen LogP contribution in [0.2, 0.25) is 0 Å². The van der Waals surface area contributed by atoms with E-state index in [0.717, 1.165) is 0 Å². The second-order valence-electron chi connectivity index (χ2n) is 4.47. The van der Waals surface area contributed by atoms with Crippen LogP contribution in [-0.2, 0) is 26.6 Å². The van der Waals surface area contributed by atoms with Crippen molar-refractivity contribution in [3.05, 3.63) is 58.6 Å². The van der Waals surface area contributed by atoms with Gasteiger partial charge in [0.15, 0.2) is 0 Å². The maximum Gasteiger partial charge on any atom is 0.240 e. The Hall–Kier alpha value is -1.26. The van der Waals surface area contributed by atoms with E-state index in [1.54, 1.807) is 18.2 Å². The monoisotopic (exact) mass is 404 g/mol. The molecule has 0 amide bonds. The Balaban J connectivity index is 2.20. The van der Waals surface area contributed by atoms with E-state index >= 15 is 0 Å². The molecule has 3 N–H and O–H groups in total. The molecule has 0 saturated carbocycles. The minimum absolute atomic E-state index is 0.0434. The molecule has 0 spiro atoms. The lowest BCUT2D eigenvalue weighted by Gasteiger charge is -2.08. The lowest BCUT2D eigenvalue weighted by molar-refractivity contribution is 0.581. The fourth-order valence-corrected chi connectivity index (χ4v) is 3.93. The van der Waals surface area contributed by atoms with Crippen LogP contribution in [0.1, 0.15) is 5.56 Å². The number of hydrogen-bond acceptors (Lipinski definition) is 4. The van der Waals surface area contributed by atoms with Crippen LogP contribution in [0.3, 0.4) is 0 Å². The first-order chi connectivity index (χ1) is 10.2. The summed E-state index contributed by atoms with van der Waals surface area (Å²) in [6.45, 7) is -0.0434. The van der Waals surface area contributed by atoms with E-state index in [9.17, 15) is 16.8 Å². The van der Waals surface area contributed by atoms with Crippen molar-refractivity contribution in [2.24, 2.45) is 5.14 Å². The normalized spacial score (nSPS) is 12.3. The van der Waals surface area contributed by atoms with Crippen LogP contribution >= 0.6 is 15.9 Å². The molecule has 118 valence electrons. The van der Waals surface area contributed by atoms with Gasteiger partial charge in [0, 0.05) is 11.0 Å². The van der Waals surface area contributed by atoms with Crippen LogP contribution in [0.4, 0.5) is 0 Å². The lowest BCUT2D eigenvalue weighted by Crippen LogP contribution is -2.23. The summed E-state index contributed by atoms with van der Waals surface area (Å²) in [5, 5.41) is 5.04. The second kappa shape index (κ2) is 6.47. The maximum absolute atomic E-state index is 12.2. The minimum Gasteiger partial charge on any atom is -0.225 e. The molecule has 0 heterocycles. The van der Waals surface area contributed by atoms with Gasteiger partial charge in [0.25, 0.3) is 0 Å². The van der Waals surface area contributed by atoms with Crippen molar-refractivity contribution in [2.75, 3.05) is 0 Å². The van der Waals surface area contributed by atoms with Crippen LogP contribution in [0, 0.1) is 0 Å². The molecule has 2 aromatic rings. The van der Waals surface area contributed by atoms with Gasteiger partial charge in [-0.3, -0.25) is 0 Å². The third-order valence-electron chi connectivity index (χ3n) is 2.80. The van der Waals surface area contributed by atoms with E-state index in [-0.39, 0.29) is 16.3 Å². The Morgan fingerprint density at radius 2 is 1.59 bits per heavy atom. The molecule has 22 heavy (non-hydrogen) atoms. The summed E-state index contributed by atoms with van der Waals surface area (Å²) in [4.78, 5) is 0.0520. The molecular weight excluding hydrogens is 392 g/mol. The molecule has 2 rings (SSSR count). The second-order valence-corrected chi connectivity index (χ2v) is 8.72. The molecule has 0 fully saturated rings. The van der Waals surface area contributed by atoms with Crippen molar-refractivity contribution in [2.45, 2.75) is 16.3 Å². The number of halogens is 1. The first-order valence-corrected chi connectivity index (χ1v) is 9.88. The summed E-state index contributed by atoms with van der Waals surface area (Å²) in [5.74, 6) is 0. The van der Waals surface area contributed by atoms with Crippen molar-refractivity contribution in [3.63, 3.8) is 0 Å². The zero-order valence-electron chi connectivity index (χ0n) is 11.2. The molecule has 0 unspecified atom stereocenters. The molecule has 0 bridgehead atoms. The summed E-state index contributed by atoms with van der Waals surface area (Å²) in [7, 11) is -7.51. The van der Waals surface area contributed by atoms with Gasteiger partial charge in [-0.05, 0) is 35.9 Å². The van der Waals surface area contributed by atoms with Crippen molar-refractivity contribution in [3.8, 4) is 0 Å². The number of nitrogens with two attached hydrogens (primary N) is 1. The lowest BCUT2D eigenvalue weighted by atomic mass is 10.2. The zero-order chi connectivity index (χ0) is 16.4. The summed E-state index contributed by atoms with van der Waals surface area (Å²) in [6, 6.07) is 12.1. The minimum atomic E-state index is -3.82. The molecule has 0 saturated heterocycles. The predicted molar refractivity (Wildman–Crippen MR) is 86.0 cm³/mol. The number of primary sulfonamides is 1. The first-order valence-electron chi connectivity index (χ1n) is 6.05. The zero-order valence-corrected chi connectivity index (χ0v) is 14.4. The van der Waals surface area contributed by atoms with Crippen molar-refractivity contribution in [1.82, 2.24) is 4.72 Å². The maximum atomic E-state index is 12.2. The van der Waals surface area contributed by atoms with E-state index in [1.807, 2.05) is 0 Å². The van der Waals surface area contributed by atoms with Crippen LogP contribution in [-0.4, -0.2) is 16.8 Å². The number of sulfonamides is 2. The van der Waals surface area contributed by atoms with E-state index in [2.05, 4.69) is 20.7 Å². The summed E-state index contributed by atoms with van der Waals surface area (Å²) >= 11 is 3.21. The van der Waals surface area contributed by atoms with Crippen LogP contribution in [0.15, 0.2) is 62.8 Å². The van der Waals surface area contributed by atoms with E-state index in [1.165, 1.54) is 30.3 Å². The largest absolute Gasteiger partial charge is 0.240 e.